The number of allylic oxidation sites excluding steroid dienone is 1. The number of hydrogen-bond acceptors (Lipinski definition) is 1. The van der Waals surface area contributed by atoms with E-state index in [1.54, 1.807) is 5.57 Å². The molecular formula is C18H25N. The first-order valence-corrected chi connectivity index (χ1v) is 7.87. The second kappa shape index (κ2) is 5.92. The van der Waals surface area contributed by atoms with Crippen molar-refractivity contribution in [2.24, 2.45) is 5.73 Å². The van der Waals surface area contributed by atoms with Crippen LogP contribution in [-0.4, -0.2) is 0 Å². The van der Waals surface area contributed by atoms with E-state index in [1.165, 1.54) is 56.1 Å². The van der Waals surface area contributed by atoms with Crippen molar-refractivity contribution in [3.63, 3.8) is 0 Å². The highest BCUT2D eigenvalue weighted by molar-refractivity contribution is 5.34. The fourth-order valence-corrected chi connectivity index (χ4v) is 3.42. The van der Waals surface area contributed by atoms with Crippen molar-refractivity contribution in [2.75, 3.05) is 0 Å². The molecule has 0 aromatic heterocycles. The summed E-state index contributed by atoms with van der Waals surface area (Å²) >= 11 is 0. The lowest BCUT2D eigenvalue weighted by molar-refractivity contribution is 0.415. The summed E-state index contributed by atoms with van der Waals surface area (Å²) in [5.41, 5.74) is 11.0. The molecule has 1 nitrogen and oxygen atoms in total. The van der Waals surface area contributed by atoms with Crippen LogP contribution in [0.1, 0.15) is 74.5 Å². The maximum atomic E-state index is 6.50. The first-order chi connectivity index (χ1) is 9.34. The van der Waals surface area contributed by atoms with Gasteiger partial charge in [0.05, 0.1) is 0 Å². The Kier molecular flexibility index (Phi) is 4.03. The predicted octanol–water partition coefficient (Wildman–Crippen LogP) is 4.84. The van der Waals surface area contributed by atoms with Crippen LogP contribution in [0.15, 0.2) is 35.9 Å². The lowest BCUT2D eigenvalue weighted by Gasteiger charge is -2.30. The molecule has 1 atom stereocenters. The second-order valence-corrected chi connectivity index (χ2v) is 6.18. The minimum Gasteiger partial charge on any atom is -0.324 e. The summed E-state index contributed by atoms with van der Waals surface area (Å²) in [5, 5.41) is 0. The Morgan fingerprint density at radius 1 is 1.11 bits per heavy atom. The van der Waals surface area contributed by atoms with E-state index in [2.05, 4.69) is 30.3 Å². The number of nitrogens with two attached hydrogens (primary N) is 1. The van der Waals surface area contributed by atoms with Gasteiger partial charge in [-0.2, -0.15) is 0 Å². The van der Waals surface area contributed by atoms with Gasteiger partial charge in [0.1, 0.15) is 0 Å². The van der Waals surface area contributed by atoms with E-state index in [-0.39, 0.29) is 6.04 Å². The van der Waals surface area contributed by atoms with Crippen LogP contribution in [0.2, 0.25) is 0 Å². The van der Waals surface area contributed by atoms with Crippen LogP contribution in [0.3, 0.4) is 0 Å². The van der Waals surface area contributed by atoms with Gasteiger partial charge in [-0.3, -0.25) is 0 Å². The van der Waals surface area contributed by atoms with Crippen molar-refractivity contribution in [1.29, 1.82) is 0 Å². The second-order valence-electron chi connectivity index (χ2n) is 6.18. The summed E-state index contributed by atoms with van der Waals surface area (Å²) in [4.78, 5) is 0. The van der Waals surface area contributed by atoms with E-state index in [4.69, 9.17) is 5.73 Å². The molecule has 19 heavy (non-hydrogen) atoms. The van der Waals surface area contributed by atoms with Gasteiger partial charge in [-0.15, -0.1) is 0 Å². The molecule has 2 N–H and O–H groups in total. The molecule has 0 saturated heterocycles. The summed E-state index contributed by atoms with van der Waals surface area (Å²) in [7, 11) is 0. The van der Waals surface area contributed by atoms with Gasteiger partial charge in [0, 0.05) is 6.04 Å². The average Bonchev–Trinajstić information content (AvgIpc) is 2.38. The molecule has 1 aromatic rings. The zero-order valence-electron chi connectivity index (χ0n) is 11.8. The Hall–Kier alpha value is -1.08. The maximum Gasteiger partial charge on any atom is 0.0335 e. The Morgan fingerprint density at radius 3 is 2.63 bits per heavy atom. The summed E-state index contributed by atoms with van der Waals surface area (Å²) < 4.78 is 0. The molecule has 1 saturated carbocycles. The number of hydrogen-bond donors (Lipinski definition) is 1. The SMILES string of the molecule is NC(CC1=CCCCC1)c1ccccc1C1CCC1. The predicted molar refractivity (Wildman–Crippen MR) is 81.1 cm³/mol. The van der Waals surface area contributed by atoms with Crippen molar-refractivity contribution in [1.82, 2.24) is 0 Å². The highest BCUT2D eigenvalue weighted by atomic mass is 14.6. The fourth-order valence-electron chi connectivity index (χ4n) is 3.42. The molecule has 3 rings (SSSR count). The van der Waals surface area contributed by atoms with E-state index in [9.17, 15) is 0 Å². The van der Waals surface area contributed by atoms with Crippen LogP contribution in [0.5, 0.6) is 0 Å². The van der Waals surface area contributed by atoms with Crippen molar-refractivity contribution in [3.8, 4) is 0 Å². The van der Waals surface area contributed by atoms with Gasteiger partial charge in [0.25, 0.3) is 0 Å². The molecule has 1 unspecified atom stereocenters. The third-order valence-corrected chi connectivity index (χ3v) is 4.81. The molecular weight excluding hydrogens is 230 g/mol. The molecule has 0 aliphatic heterocycles. The van der Waals surface area contributed by atoms with Crippen LogP contribution >= 0.6 is 0 Å². The van der Waals surface area contributed by atoms with Gasteiger partial charge in [0.2, 0.25) is 0 Å². The number of benzene rings is 1. The molecule has 102 valence electrons. The lowest BCUT2D eigenvalue weighted by atomic mass is 9.76. The molecule has 0 amide bonds. The van der Waals surface area contributed by atoms with Gasteiger partial charge in [-0.25, -0.2) is 0 Å². The van der Waals surface area contributed by atoms with Crippen LogP contribution < -0.4 is 5.73 Å². The van der Waals surface area contributed by atoms with Crippen molar-refractivity contribution < 1.29 is 0 Å². The third-order valence-electron chi connectivity index (χ3n) is 4.81. The number of rotatable bonds is 4. The van der Waals surface area contributed by atoms with Gasteiger partial charge in [0.15, 0.2) is 0 Å². The first kappa shape index (κ1) is 12.9. The molecule has 1 heteroatoms. The van der Waals surface area contributed by atoms with Crippen molar-refractivity contribution in [3.05, 3.63) is 47.0 Å². The zero-order chi connectivity index (χ0) is 13.1. The topological polar surface area (TPSA) is 26.0 Å². The molecule has 1 fully saturated rings. The van der Waals surface area contributed by atoms with E-state index in [1.807, 2.05) is 0 Å². The van der Waals surface area contributed by atoms with Crippen LogP contribution in [0, 0.1) is 0 Å². The standard InChI is InChI=1S/C18H25N/c19-18(13-14-7-2-1-3-8-14)17-12-5-4-11-16(17)15-9-6-10-15/h4-5,7,11-12,15,18H,1-3,6,8-10,13,19H2. The Bertz CT molecular complexity index is 457. The van der Waals surface area contributed by atoms with Gasteiger partial charge >= 0.3 is 0 Å². The van der Waals surface area contributed by atoms with Gasteiger partial charge in [-0.05, 0) is 62.0 Å². The summed E-state index contributed by atoms with van der Waals surface area (Å²) in [5.74, 6) is 0.780. The molecule has 1 aromatic carbocycles. The van der Waals surface area contributed by atoms with Gasteiger partial charge in [-0.1, -0.05) is 42.3 Å². The summed E-state index contributed by atoms with van der Waals surface area (Å²) in [6.45, 7) is 0. The van der Waals surface area contributed by atoms with E-state index in [0.717, 1.165) is 12.3 Å². The normalized spacial score (nSPS) is 21.6. The van der Waals surface area contributed by atoms with Crippen LogP contribution in [0.4, 0.5) is 0 Å². The highest BCUT2D eigenvalue weighted by Crippen LogP contribution is 2.40. The maximum absolute atomic E-state index is 6.50. The molecule has 0 heterocycles. The summed E-state index contributed by atoms with van der Waals surface area (Å²) in [6.07, 6.45) is 12.8. The Balaban J connectivity index is 1.75. The summed E-state index contributed by atoms with van der Waals surface area (Å²) in [6, 6.07) is 9.06. The smallest absolute Gasteiger partial charge is 0.0335 e. The Morgan fingerprint density at radius 2 is 1.95 bits per heavy atom. The zero-order valence-corrected chi connectivity index (χ0v) is 11.8. The van der Waals surface area contributed by atoms with Crippen LogP contribution in [0.25, 0.3) is 0 Å². The minimum atomic E-state index is 0.196. The Labute approximate surface area is 116 Å². The molecule has 0 spiro atoms. The fraction of sp³-hybridized carbons (Fsp3) is 0.556. The molecule has 0 bridgehead atoms. The lowest BCUT2D eigenvalue weighted by Crippen LogP contribution is -2.18. The van der Waals surface area contributed by atoms with Crippen molar-refractivity contribution >= 4 is 0 Å². The van der Waals surface area contributed by atoms with Crippen molar-refractivity contribution in [2.45, 2.75) is 63.3 Å². The van der Waals surface area contributed by atoms with E-state index in [0.29, 0.717) is 0 Å². The van der Waals surface area contributed by atoms with E-state index < -0.39 is 0 Å². The molecule has 2 aliphatic rings. The largest absolute Gasteiger partial charge is 0.324 e. The average molecular weight is 255 g/mol. The molecule has 2 aliphatic carbocycles. The monoisotopic (exact) mass is 255 g/mol. The first-order valence-electron chi connectivity index (χ1n) is 7.87. The molecule has 0 radical (unpaired) electrons. The third kappa shape index (κ3) is 2.92. The van der Waals surface area contributed by atoms with E-state index >= 15 is 0 Å². The quantitative estimate of drug-likeness (QED) is 0.765. The van der Waals surface area contributed by atoms with Crippen LogP contribution in [-0.2, 0) is 0 Å². The van der Waals surface area contributed by atoms with Gasteiger partial charge < -0.3 is 5.73 Å². The highest BCUT2D eigenvalue weighted by Gasteiger charge is 2.24. The minimum absolute atomic E-state index is 0.196.